The van der Waals surface area contributed by atoms with E-state index in [0.29, 0.717) is 0 Å². The number of aromatic amines is 2. The molecule has 3 N–H and O–H groups in total. The quantitative estimate of drug-likeness (QED) is 0.164. The molecule has 0 aliphatic carbocycles. The molecule has 0 amide bonds. The Labute approximate surface area is 527 Å². The van der Waals surface area contributed by atoms with Crippen LogP contribution in [0.25, 0.3) is 78.7 Å². The van der Waals surface area contributed by atoms with Crippen molar-refractivity contribution in [1.29, 1.82) is 0 Å². The zero-order valence-corrected chi connectivity index (χ0v) is 57.6. The van der Waals surface area contributed by atoms with E-state index in [4.69, 9.17) is 15.0 Å². The standard InChI is InChI=1S/C82H98N6/c1-75(2,3)51-35-47(36-52(43-51)76(4,5)6)67-61-29-30-62(83-61)68(48-37-53(77(7,8)9)44-54(38-48)78(10,11)12)64-32-34-66(85-64)70(50-41-57(81(19,20)21)46-58(42-50)82(22,23)24)72-74-73(86-59-27-25-26-28-60(59)87-74)71(88-72)69(65-33-31-63(67)84-65)49-39-55(79(13,14)15)45-56(40-49)80(16,17)18/h25-46,73,84-86H,1-24H3. The number of para-hydroxylation sites is 2. The molecular weight excluding hydrogens is 1070 g/mol. The van der Waals surface area contributed by atoms with E-state index in [0.717, 1.165) is 106 Å². The minimum atomic E-state index is -0.422. The number of aromatic nitrogens is 4. The first-order valence-electron chi connectivity index (χ1n) is 32.2. The fraction of sp³-hybridized carbons (Fsp3) is 0.402. The van der Waals surface area contributed by atoms with Gasteiger partial charge in [-0.1, -0.05) is 251 Å². The van der Waals surface area contributed by atoms with Crippen molar-refractivity contribution in [2.24, 2.45) is 4.99 Å². The van der Waals surface area contributed by atoms with Crippen LogP contribution in [0.5, 0.6) is 0 Å². The van der Waals surface area contributed by atoms with Gasteiger partial charge >= 0.3 is 0 Å². The lowest BCUT2D eigenvalue weighted by molar-refractivity contribution is 0.568. The van der Waals surface area contributed by atoms with Gasteiger partial charge in [0, 0.05) is 44.3 Å². The highest BCUT2D eigenvalue weighted by atomic mass is 15.1. The van der Waals surface area contributed by atoms with Crippen molar-refractivity contribution >= 4 is 51.3 Å². The van der Waals surface area contributed by atoms with E-state index >= 15 is 0 Å². The number of anilines is 1. The van der Waals surface area contributed by atoms with Crippen molar-refractivity contribution in [3.8, 4) is 44.5 Å². The number of hydrogen-bond donors (Lipinski definition) is 3. The zero-order valence-electron chi connectivity index (χ0n) is 57.6. The third-order valence-electron chi connectivity index (χ3n) is 18.4. The minimum absolute atomic E-state index is 0.128. The molecule has 8 aromatic rings. The van der Waals surface area contributed by atoms with Gasteiger partial charge in [0.2, 0.25) is 0 Å². The molecule has 6 heterocycles. The van der Waals surface area contributed by atoms with E-state index < -0.39 is 6.04 Å². The van der Waals surface area contributed by atoms with Gasteiger partial charge in [0.15, 0.2) is 0 Å². The van der Waals surface area contributed by atoms with E-state index in [1.165, 1.54) is 44.5 Å². The van der Waals surface area contributed by atoms with Crippen LogP contribution < -0.4 is 5.32 Å². The van der Waals surface area contributed by atoms with E-state index in [-0.39, 0.29) is 43.3 Å². The van der Waals surface area contributed by atoms with Crippen molar-refractivity contribution < 1.29 is 0 Å². The number of hydrogen-bond acceptors (Lipinski definition) is 4. The van der Waals surface area contributed by atoms with Crippen LogP contribution in [0.2, 0.25) is 0 Å². The van der Waals surface area contributed by atoms with Crippen molar-refractivity contribution in [2.45, 2.75) is 216 Å². The number of aliphatic imine (C=N–C) groups is 1. The first-order chi connectivity index (χ1) is 40.6. The van der Waals surface area contributed by atoms with Gasteiger partial charge in [-0.25, -0.2) is 15.0 Å². The predicted octanol–water partition coefficient (Wildman–Crippen LogP) is 22.8. The molecule has 8 bridgehead atoms. The summed E-state index contributed by atoms with van der Waals surface area (Å²) in [7, 11) is 0. The summed E-state index contributed by atoms with van der Waals surface area (Å²) in [5.74, 6) is 0. The van der Waals surface area contributed by atoms with Crippen molar-refractivity contribution in [3.63, 3.8) is 0 Å². The van der Waals surface area contributed by atoms with E-state index in [9.17, 15) is 0 Å². The molecule has 0 saturated carbocycles. The van der Waals surface area contributed by atoms with Crippen LogP contribution in [0.3, 0.4) is 0 Å². The van der Waals surface area contributed by atoms with Gasteiger partial charge in [0.1, 0.15) is 6.04 Å². The van der Waals surface area contributed by atoms with Gasteiger partial charge in [0.25, 0.3) is 0 Å². The summed E-state index contributed by atoms with van der Waals surface area (Å²) in [5.41, 5.74) is 27.7. The Morgan fingerprint density at radius 3 is 0.955 bits per heavy atom. The van der Waals surface area contributed by atoms with Crippen molar-refractivity contribution in [2.75, 3.05) is 5.32 Å². The maximum absolute atomic E-state index is 6.22. The summed E-state index contributed by atoms with van der Waals surface area (Å²) in [6.45, 7) is 55.8. The maximum atomic E-state index is 6.22. The molecule has 3 aliphatic heterocycles. The monoisotopic (exact) mass is 1170 g/mol. The largest absolute Gasteiger partial charge is 0.370 e. The smallest absolute Gasteiger partial charge is 0.114 e. The summed E-state index contributed by atoms with van der Waals surface area (Å²) in [4.78, 5) is 26.4. The van der Waals surface area contributed by atoms with Gasteiger partial charge in [-0.3, -0.25) is 0 Å². The normalized spacial score (nSPS) is 15.0. The second-order valence-electron chi connectivity index (χ2n) is 33.9. The molecule has 0 spiro atoms. The lowest BCUT2D eigenvalue weighted by Crippen LogP contribution is -2.22. The molecule has 1 unspecified atom stereocenters. The fourth-order valence-electron chi connectivity index (χ4n) is 12.4. The van der Waals surface area contributed by atoms with Crippen LogP contribution in [0, 0.1) is 0 Å². The summed E-state index contributed by atoms with van der Waals surface area (Å²) >= 11 is 0. The van der Waals surface area contributed by atoms with Gasteiger partial charge < -0.3 is 15.3 Å². The molecule has 456 valence electrons. The summed E-state index contributed by atoms with van der Waals surface area (Å²) in [6.07, 6.45) is 4.52. The molecule has 88 heavy (non-hydrogen) atoms. The maximum Gasteiger partial charge on any atom is 0.114 e. The number of rotatable bonds is 4. The molecule has 0 radical (unpaired) electrons. The number of H-pyrrole nitrogens is 2. The number of benzene rings is 5. The molecule has 6 nitrogen and oxygen atoms in total. The second kappa shape index (κ2) is 21.0. The number of nitrogens with zero attached hydrogens (tertiary/aromatic N) is 3. The molecule has 0 saturated heterocycles. The molecule has 3 aliphatic rings. The number of fused-ring (bicyclic) bond motifs is 12. The van der Waals surface area contributed by atoms with Crippen LogP contribution in [-0.2, 0) is 43.3 Å². The summed E-state index contributed by atoms with van der Waals surface area (Å²) < 4.78 is 0. The summed E-state index contributed by atoms with van der Waals surface area (Å²) in [6, 6.07) is 46.3. The highest BCUT2D eigenvalue weighted by Crippen LogP contribution is 2.49. The molecular formula is C82H98N6. The Morgan fingerprint density at radius 2 is 0.614 bits per heavy atom. The zero-order chi connectivity index (χ0) is 64.0. The first-order valence-corrected chi connectivity index (χ1v) is 32.2. The Kier molecular flexibility index (Phi) is 14.8. The fourth-order valence-corrected chi connectivity index (χ4v) is 12.4. The lowest BCUT2D eigenvalue weighted by Gasteiger charge is -2.27. The van der Waals surface area contributed by atoms with Crippen molar-refractivity contribution in [3.05, 3.63) is 189 Å². The molecule has 6 heteroatoms. The van der Waals surface area contributed by atoms with Gasteiger partial charge in [-0.05, 0) is 159 Å². The predicted molar refractivity (Wildman–Crippen MR) is 380 cm³/mol. The number of nitrogens with one attached hydrogen (secondary N) is 3. The SMILES string of the molecule is CC(C)(C)c1cc(-c2c3nc(c(-c4cc(C(C)(C)C)cc(C(C)(C)C)c4)c4ccc([nH]4)c(-c4cc(C(C)(C)C)cc(C(C)(C)C)c4)c4nc(c(-c5cc(C(C)(C)C)cc(C(C)(C)C)c5)c5ccc2[nH]5)C2=Nc5ccccc5NC24)C=C3)cc(C(C)(C)C)c1. The molecule has 1 atom stereocenters. The Balaban J connectivity index is 1.44. The Morgan fingerprint density at radius 1 is 0.318 bits per heavy atom. The van der Waals surface area contributed by atoms with Crippen LogP contribution in [0.4, 0.5) is 11.4 Å². The highest BCUT2D eigenvalue weighted by Gasteiger charge is 2.38. The van der Waals surface area contributed by atoms with Gasteiger partial charge in [-0.15, -0.1) is 0 Å². The van der Waals surface area contributed by atoms with Crippen LogP contribution in [-0.4, -0.2) is 25.6 Å². The molecule has 5 aromatic carbocycles. The Bertz CT molecular complexity index is 4220. The molecule has 3 aromatic heterocycles. The molecule has 0 fully saturated rings. The third kappa shape index (κ3) is 11.9. The van der Waals surface area contributed by atoms with Gasteiger partial charge in [0.05, 0.1) is 39.9 Å². The van der Waals surface area contributed by atoms with E-state index in [2.05, 4.69) is 315 Å². The van der Waals surface area contributed by atoms with Crippen LogP contribution >= 0.6 is 0 Å². The average molecular weight is 1170 g/mol. The van der Waals surface area contributed by atoms with Gasteiger partial charge in [-0.2, -0.15) is 0 Å². The van der Waals surface area contributed by atoms with Crippen LogP contribution in [0.1, 0.15) is 239 Å². The third-order valence-corrected chi connectivity index (χ3v) is 18.4. The lowest BCUT2D eigenvalue weighted by atomic mass is 9.78. The molecule has 11 rings (SSSR count). The highest BCUT2D eigenvalue weighted by molar-refractivity contribution is 6.17. The van der Waals surface area contributed by atoms with E-state index in [1.54, 1.807) is 0 Å². The average Bonchev–Trinajstić information content (AvgIpc) is 1.60. The van der Waals surface area contributed by atoms with Crippen molar-refractivity contribution in [1.82, 2.24) is 19.9 Å². The first kappa shape index (κ1) is 62.1. The Hall–Kier alpha value is -7.57. The second-order valence-corrected chi connectivity index (χ2v) is 33.9. The minimum Gasteiger partial charge on any atom is -0.370 e. The topological polar surface area (TPSA) is 81.8 Å². The van der Waals surface area contributed by atoms with E-state index in [1.807, 2.05) is 0 Å². The van der Waals surface area contributed by atoms with Crippen LogP contribution in [0.15, 0.2) is 126 Å². The summed E-state index contributed by atoms with van der Waals surface area (Å²) in [5, 5.41) is 4.12.